The molecule has 3 heteroatoms. The Labute approximate surface area is 83.5 Å². The first kappa shape index (κ1) is 9.84. The van der Waals surface area contributed by atoms with Crippen molar-refractivity contribution >= 4 is 12.1 Å². The first-order valence-electron chi connectivity index (χ1n) is 5.21. The summed E-state index contributed by atoms with van der Waals surface area (Å²) in [5, 5.41) is 10.4. The third-order valence-corrected chi connectivity index (χ3v) is 4.33. The van der Waals surface area contributed by atoms with E-state index in [0.29, 0.717) is 19.3 Å². The predicted molar refractivity (Wildman–Crippen MR) is 50.7 cm³/mol. The molecule has 3 unspecified atom stereocenters. The van der Waals surface area contributed by atoms with Gasteiger partial charge < -0.3 is 9.90 Å². The third kappa shape index (κ3) is 1.08. The van der Waals surface area contributed by atoms with Gasteiger partial charge in [-0.2, -0.15) is 0 Å². The summed E-state index contributed by atoms with van der Waals surface area (Å²) < 4.78 is 0. The molecule has 0 aromatic heterocycles. The van der Waals surface area contributed by atoms with Gasteiger partial charge in [-0.15, -0.1) is 0 Å². The van der Waals surface area contributed by atoms with Crippen molar-refractivity contribution in [2.24, 2.45) is 11.3 Å². The number of aliphatic hydroxyl groups is 1. The van der Waals surface area contributed by atoms with Gasteiger partial charge in [-0.25, -0.2) is 0 Å². The molecule has 3 nitrogen and oxygen atoms in total. The number of fused-ring (bicyclic) bond motifs is 1. The number of hydrogen-bond acceptors (Lipinski definition) is 3. The maximum Gasteiger partial charge on any atom is 0.135 e. The molecule has 0 bridgehead atoms. The van der Waals surface area contributed by atoms with Crippen LogP contribution >= 0.6 is 0 Å². The molecule has 2 saturated carbocycles. The lowest BCUT2D eigenvalue weighted by atomic mass is 9.63. The molecule has 0 aliphatic heterocycles. The number of hydrogen-bond donors (Lipinski definition) is 1. The van der Waals surface area contributed by atoms with Crippen LogP contribution in [0.15, 0.2) is 0 Å². The van der Waals surface area contributed by atoms with Crippen molar-refractivity contribution in [3.05, 3.63) is 0 Å². The van der Waals surface area contributed by atoms with E-state index >= 15 is 0 Å². The Bertz CT molecular complexity index is 286. The van der Waals surface area contributed by atoms with Crippen molar-refractivity contribution < 1.29 is 14.7 Å². The summed E-state index contributed by atoms with van der Waals surface area (Å²) in [5.74, 6) is 0.0668. The lowest BCUT2D eigenvalue weighted by molar-refractivity contribution is -0.145. The van der Waals surface area contributed by atoms with E-state index in [1.165, 1.54) is 0 Å². The molecular formula is C11H16O3. The molecule has 0 spiro atoms. The zero-order valence-electron chi connectivity index (χ0n) is 8.45. The Hall–Kier alpha value is -0.700. The summed E-state index contributed by atoms with van der Waals surface area (Å²) in [6.45, 7) is 1.95. The zero-order chi connectivity index (χ0) is 10.4. The van der Waals surface area contributed by atoms with Gasteiger partial charge in [0.15, 0.2) is 0 Å². The quantitative estimate of drug-likeness (QED) is 0.638. The Balaban J connectivity index is 2.33. The van der Waals surface area contributed by atoms with E-state index in [1.54, 1.807) is 0 Å². The van der Waals surface area contributed by atoms with Crippen LogP contribution in [0.3, 0.4) is 0 Å². The second-order valence-corrected chi connectivity index (χ2v) is 4.95. The smallest absolute Gasteiger partial charge is 0.135 e. The Morgan fingerprint density at radius 2 is 2.21 bits per heavy atom. The van der Waals surface area contributed by atoms with Crippen LogP contribution in [0.25, 0.3) is 0 Å². The molecule has 78 valence electrons. The molecule has 0 aromatic carbocycles. The largest absolute Gasteiger partial charge is 0.389 e. The van der Waals surface area contributed by atoms with Crippen LogP contribution < -0.4 is 0 Å². The van der Waals surface area contributed by atoms with Crippen LogP contribution in [-0.2, 0) is 9.59 Å². The third-order valence-electron chi connectivity index (χ3n) is 4.33. The number of ketones is 1. The maximum atomic E-state index is 11.3. The van der Waals surface area contributed by atoms with Crippen molar-refractivity contribution in [1.82, 2.24) is 0 Å². The first-order chi connectivity index (χ1) is 6.52. The summed E-state index contributed by atoms with van der Waals surface area (Å²) in [5.41, 5.74) is -1.27. The van der Waals surface area contributed by atoms with Crippen LogP contribution in [0, 0.1) is 11.3 Å². The van der Waals surface area contributed by atoms with Crippen LogP contribution in [0.2, 0.25) is 0 Å². The average Bonchev–Trinajstić information content (AvgIpc) is 2.38. The monoisotopic (exact) mass is 196 g/mol. The molecule has 14 heavy (non-hydrogen) atoms. The minimum absolute atomic E-state index is 0.0689. The molecular weight excluding hydrogens is 180 g/mol. The predicted octanol–water partition coefficient (Wildman–Crippen LogP) is 1.09. The van der Waals surface area contributed by atoms with Crippen molar-refractivity contribution in [2.75, 3.05) is 0 Å². The zero-order valence-corrected chi connectivity index (χ0v) is 8.45. The molecule has 1 N–H and O–H groups in total. The lowest BCUT2D eigenvalue weighted by Crippen LogP contribution is -2.50. The van der Waals surface area contributed by atoms with E-state index in [2.05, 4.69) is 0 Å². The normalized spacial score (nSPS) is 47.6. The summed E-state index contributed by atoms with van der Waals surface area (Å²) in [6, 6.07) is 0. The van der Waals surface area contributed by atoms with Gasteiger partial charge in [0.1, 0.15) is 12.1 Å². The molecule has 0 radical (unpaired) electrons. The molecule has 2 rings (SSSR count). The summed E-state index contributed by atoms with van der Waals surface area (Å²) in [7, 11) is 0. The fourth-order valence-corrected chi connectivity index (χ4v) is 3.08. The van der Waals surface area contributed by atoms with Crippen molar-refractivity contribution in [3.8, 4) is 0 Å². The van der Waals surface area contributed by atoms with Gasteiger partial charge in [-0.3, -0.25) is 4.79 Å². The second-order valence-electron chi connectivity index (χ2n) is 4.95. The van der Waals surface area contributed by atoms with Gasteiger partial charge in [-0.1, -0.05) is 6.92 Å². The van der Waals surface area contributed by atoms with Gasteiger partial charge in [0.25, 0.3) is 0 Å². The van der Waals surface area contributed by atoms with E-state index in [9.17, 15) is 14.7 Å². The molecule has 2 fully saturated rings. The van der Waals surface area contributed by atoms with Gasteiger partial charge in [-0.05, 0) is 19.3 Å². The van der Waals surface area contributed by atoms with Crippen molar-refractivity contribution in [2.45, 2.75) is 44.6 Å². The van der Waals surface area contributed by atoms with Crippen LogP contribution in [0.4, 0.5) is 0 Å². The number of rotatable bonds is 1. The number of aldehydes is 1. The van der Waals surface area contributed by atoms with E-state index in [1.807, 2.05) is 6.92 Å². The minimum Gasteiger partial charge on any atom is -0.389 e. The Morgan fingerprint density at radius 3 is 2.86 bits per heavy atom. The highest BCUT2D eigenvalue weighted by Gasteiger charge is 2.58. The molecule has 2 aliphatic rings. The van der Waals surface area contributed by atoms with E-state index < -0.39 is 5.60 Å². The van der Waals surface area contributed by atoms with Crippen LogP contribution in [-0.4, -0.2) is 22.8 Å². The number of carbonyl (C=O) groups is 2. The number of Topliss-reactive ketones (excluding diaryl/α,β-unsaturated/α-hetero) is 1. The highest BCUT2D eigenvalue weighted by Crippen LogP contribution is 2.56. The van der Waals surface area contributed by atoms with Gasteiger partial charge >= 0.3 is 0 Å². The standard InChI is InChI=1S/C11H16O3/c1-10-4-3-9(13)6-11(10,14)5-2-8(10)7-12/h7-8,14H,2-6H2,1H3. The number of carbonyl (C=O) groups excluding carboxylic acids is 2. The Morgan fingerprint density at radius 1 is 1.50 bits per heavy atom. The fraction of sp³-hybridized carbons (Fsp3) is 0.818. The SMILES string of the molecule is CC12CCC(=O)CC1(O)CCC2C=O. The van der Waals surface area contributed by atoms with Crippen molar-refractivity contribution in [1.29, 1.82) is 0 Å². The summed E-state index contributed by atoms with van der Waals surface area (Å²) in [4.78, 5) is 22.2. The highest BCUT2D eigenvalue weighted by atomic mass is 16.3. The molecule has 3 atom stereocenters. The van der Waals surface area contributed by atoms with E-state index in [4.69, 9.17) is 0 Å². The molecule has 0 saturated heterocycles. The molecule has 0 amide bonds. The van der Waals surface area contributed by atoms with Crippen molar-refractivity contribution in [3.63, 3.8) is 0 Å². The highest BCUT2D eigenvalue weighted by molar-refractivity contribution is 5.81. The maximum absolute atomic E-state index is 11.3. The van der Waals surface area contributed by atoms with Crippen LogP contribution in [0.5, 0.6) is 0 Å². The average molecular weight is 196 g/mol. The fourth-order valence-electron chi connectivity index (χ4n) is 3.08. The molecule has 0 aromatic rings. The summed E-state index contributed by atoms with van der Waals surface area (Å²) >= 11 is 0. The van der Waals surface area contributed by atoms with E-state index in [-0.39, 0.29) is 23.5 Å². The summed E-state index contributed by atoms with van der Waals surface area (Å²) in [6.07, 6.45) is 3.69. The molecule has 2 aliphatic carbocycles. The van der Waals surface area contributed by atoms with Crippen LogP contribution in [0.1, 0.15) is 39.0 Å². The lowest BCUT2D eigenvalue weighted by Gasteiger charge is -2.44. The minimum atomic E-state index is -0.909. The molecule has 0 heterocycles. The van der Waals surface area contributed by atoms with Gasteiger partial charge in [0.2, 0.25) is 0 Å². The Kier molecular flexibility index (Phi) is 2.03. The van der Waals surface area contributed by atoms with Gasteiger partial charge in [0.05, 0.1) is 5.60 Å². The topological polar surface area (TPSA) is 54.4 Å². The van der Waals surface area contributed by atoms with Gasteiger partial charge in [0, 0.05) is 24.2 Å². The second kappa shape index (κ2) is 2.89. The van der Waals surface area contributed by atoms with E-state index in [0.717, 1.165) is 12.7 Å². The first-order valence-corrected chi connectivity index (χ1v) is 5.21.